The van der Waals surface area contributed by atoms with Crippen LogP contribution in [-0.4, -0.2) is 18.5 Å². The van der Waals surface area contributed by atoms with Gasteiger partial charge in [-0.25, -0.2) is 0 Å². The maximum Gasteiger partial charge on any atom is 0.237 e. The third-order valence-corrected chi connectivity index (χ3v) is 3.37. The zero-order valence-corrected chi connectivity index (χ0v) is 8.99. The van der Waals surface area contributed by atoms with E-state index in [0.29, 0.717) is 6.54 Å². The minimum absolute atomic E-state index is 0.0519. The van der Waals surface area contributed by atoms with Gasteiger partial charge in [0.2, 0.25) is 5.91 Å². The van der Waals surface area contributed by atoms with E-state index in [1.54, 1.807) is 11.3 Å². The molecular formula is C10H14N2OS. The van der Waals surface area contributed by atoms with E-state index in [1.807, 2.05) is 0 Å². The predicted octanol–water partition coefficient (Wildman–Crippen LogP) is 1.03. The van der Waals surface area contributed by atoms with Crippen molar-refractivity contribution >= 4 is 17.2 Å². The molecule has 76 valence electrons. The average Bonchev–Trinajstić information content (AvgIpc) is 2.45. The van der Waals surface area contributed by atoms with E-state index < -0.39 is 0 Å². The summed E-state index contributed by atoms with van der Waals surface area (Å²) in [6.07, 6.45) is 0.968. The number of amides is 1. The second kappa shape index (κ2) is 4.11. The highest BCUT2D eigenvalue weighted by Crippen LogP contribution is 2.14. The molecule has 1 aliphatic rings. The number of hydrogen-bond donors (Lipinski definition) is 2. The Morgan fingerprint density at radius 2 is 2.50 bits per heavy atom. The van der Waals surface area contributed by atoms with Crippen LogP contribution in [0.1, 0.15) is 16.2 Å². The van der Waals surface area contributed by atoms with Gasteiger partial charge in [0, 0.05) is 9.75 Å². The van der Waals surface area contributed by atoms with E-state index in [9.17, 15) is 4.79 Å². The molecule has 0 radical (unpaired) electrons. The first-order chi connectivity index (χ1) is 6.75. The molecule has 1 aromatic rings. The van der Waals surface area contributed by atoms with Gasteiger partial charge in [-0.05, 0) is 32.0 Å². The van der Waals surface area contributed by atoms with Gasteiger partial charge in [-0.1, -0.05) is 0 Å². The summed E-state index contributed by atoms with van der Waals surface area (Å²) in [7, 11) is 0. The molecule has 1 saturated heterocycles. The van der Waals surface area contributed by atoms with Gasteiger partial charge in [-0.15, -0.1) is 11.3 Å². The molecule has 0 aromatic carbocycles. The lowest BCUT2D eigenvalue weighted by atomic mass is 10.1. The van der Waals surface area contributed by atoms with E-state index in [2.05, 4.69) is 29.7 Å². The first-order valence-corrected chi connectivity index (χ1v) is 5.64. The number of carbonyl (C=O) groups is 1. The second-order valence-electron chi connectivity index (χ2n) is 3.53. The molecule has 1 fully saturated rings. The van der Waals surface area contributed by atoms with E-state index in [1.165, 1.54) is 9.75 Å². The van der Waals surface area contributed by atoms with Crippen molar-refractivity contribution in [3.05, 3.63) is 21.9 Å². The number of thiophene rings is 1. The van der Waals surface area contributed by atoms with Crippen LogP contribution in [0, 0.1) is 6.92 Å². The highest BCUT2D eigenvalue weighted by atomic mass is 32.1. The van der Waals surface area contributed by atoms with Crippen molar-refractivity contribution in [1.82, 2.24) is 10.6 Å². The zero-order valence-electron chi connectivity index (χ0n) is 8.17. The maximum absolute atomic E-state index is 11.4. The molecule has 0 saturated carbocycles. The van der Waals surface area contributed by atoms with E-state index >= 15 is 0 Å². The summed E-state index contributed by atoms with van der Waals surface area (Å²) in [5, 5.41) is 6.00. The summed E-state index contributed by atoms with van der Waals surface area (Å²) in [5.41, 5.74) is 0. The fourth-order valence-electron chi connectivity index (χ4n) is 1.39. The fourth-order valence-corrected chi connectivity index (χ4v) is 2.22. The van der Waals surface area contributed by atoms with Crippen LogP contribution in [0.4, 0.5) is 0 Å². The minimum atomic E-state index is 0.0519. The second-order valence-corrected chi connectivity index (χ2v) is 4.90. The lowest BCUT2D eigenvalue weighted by Crippen LogP contribution is -2.52. The third kappa shape index (κ3) is 2.13. The molecule has 1 atom stereocenters. The van der Waals surface area contributed by atoms with Crippen LogP contribution in [0.3, 0.4) is 0 Å². The number of carbonyl (C=O) groups excluding carboxylic acids is 1. The normalized spacial score (nSPS) is 20.2. The number of rotatable bonds is 3. The van der Waals surface area contributed by atoms with Gasteiger partial charge in [0.05, 0.1) is 12.6 Å². The topological polar surface area (TPSA) is 41.1 Å². The van der Waals surface area contributed by atoms with Gasteiger partial charge in [-0.2, -0.15) is 0 Å². The van der Waals surface area contributed by atoms with Crippen molar-refractivity contribution in [1.29, 1.82) is 0 Å². The van der Waals surface area contributed by atoms with Crippen LogP contribution in [-0.2, 0) is 11.3 Å². The molecule has 3 nitrogen and oxygen atoms in total. The van der Waals surface area contributed by atoms with E-state index in [-0.39, 0.29) is 11.9 Å². The summed E-state index contributed by atoms with van der Waals surface area (Å²) in [6.45, 7) is 3.70. The van der Waals surface area contributed by atoms with Crippen LogP contribution in [0.25, 0.3) is 0 Å². The lowest BCUT2D eigenvalue weighted by Gasteiger charge is -2.26. The molecule has 1 aliphatic heterocycles. The molecule has 14 heavy (non-hydrogen) atoms. The van der Waals surface area contributed by atoms with E-state index in [4.69, 9.17) is 0 Å². The van der Waals surface area contributed by atoms with Crippen LogP contribution < -0.4 is 10.6 Å². The molecular weight excluding hydrogens is 196 g/mol. The molecule has 0 spiro atoms. The van der Waals surface area contributed by atoms with Gasteiger partial charge in [0.25, 0.3) is 0 Å². The fraction of sp³-hybridized carbons (Fsp3) is 0.500. The minimum Gasteiger partial charge on any atom is -0.350 e. The molecule has 0 unspecified atom stereocenters. The summed E-state index contributed by atoms with van der Waals surface area (Å²) >= 11 is 1.73. The highest BCUT2D eigenvalue weighted by molar-refractivity contribution is 7.11. The smallest absolute Gasteiger partial charge is 0.237 e. The molecule has 0 aliphatic carbocycles. The Morgan fingerprint density at radius 3 is 3.00 bits per heavy atom. The number of hydrogen-bond acceptors (Lipinski definition) is 3. The summed E-state index contributed by atoms with van der Waals surface area (Å²) in [5.74, 6) is 0.127. The van der Waals surface area contributed by atoms with Crippen LogP contribution in [0.5, 0.6) is 0 Å². The Labute approximate surface area is 87.5 Å². The number of aryl methyl sites for hydroxylation is 1. The third-order valence-electron chi connectivity index (χ3n) is 2.37. The van der Waals surface area contributed by atoms with Crippen molar-refractivity contribution < 1.29 is 4.79 Å². The van der Waals surface area contributed by atoms with Gasteiger partial charge < -0.3 is 10.6 Å². The van der Waals surface area contributed by atoms with Gasteiger partial charge in [0.1, 0.15) is 0 Å². The van der Waals surface area contributed by atoms with Gasteiger partial charge in [-0.3, -0.25) is 4.79 Å². The standard InChI is InChI=1S/C10H14N2OS/c1-7-2-3-8(14-7)6-12-10(13)9-4-5-11-9/h2-3,9,11H,4-6H2,1H3,(H,12,13)/t9-/m1/s1. The number of nitrogens with one attached hydrogen (secondary N) is 2. The molecule has 4 heteroatoms. The van der Waals surface area contributed by atoms with Crippen molar-refractivity contribution in [2.24, 2.45) is 0 Å². The highest BCUT2D eigenvalue weighted by Gasteiger charge is 2.23. The Kier molecular flexibility index (Phi) is 2.84. The molecule has 0 bridgehead atoms. The predicted molar refractivity (Wildman–Crippen MR) is 57.3 cm³/mol. The Balaban J connectivity index is 1.79. The van der Waals surface area contributed by atoms with Crippen LogP contribution in [0.2, 0.25) is 0 Å². The van der Waals surface area contributed by atoms with Crippen molar-refractivity contribution in [3.8, 4) is 0 Å². The Morgan fingerprint density at radius 1 is 1.71 bits per heavy atom. The van der Waals surface area contributed by atoms with Crippen LogP contribution in [0.15, 0.2) is 12.1 Å². The summed E-state index contributed by atoms with van der Waals surface area (Å²) in [6, 6.07) is 4.19. The molecule has 2 heterocycles. The van der Waals surface area contributed by atoms with Gasteiger partial charge in [0.15, 0.2) is 0 Å². The summed E-state index contributed by atoms with van der Waals surface area (Å²) in [4.78, 5) is 13.9. The Hall–Kier alpha value is -0.870. The zero-order chi connectivity index (χ0) is 9.97. The van der Waals surface area contributed by atoms with E-state index in [0.717, 1.165) is 13.0 Å². The molecule has 2 rings (SSSR count). The van der Waals surface area contributed by atoms with Gasteiger partial charge >= 0.3 is 0 Å². The first kappa shape index (κ1) is 9.68. The molecule has 1 aromatic heterocycles. The van der Waals surface area contributed by atoms with Crippen molar-refractivity contribution in [2.45, 2.75) is 25.9 Å². The van der Waals surface area contributed by atoms with Crippen molar-refractivity contribution in [2.75, 3.05) is 6.54 Å². The SMILES string of the molecule is Cc1ccc(CNC(=O)[C@H]2CCN2)s1. The Bertz CT molecular complexity index is 331. The maximum atomic E-state index is 11.4. The lowest BCUT2D eigenvalue weighted by molar-refractivity contribution is -0.124. The van der Waals surface area contributed by atoms with Crippen LogP contribution >= 0.6 is 11.3 Å². The quantitative estimate of drug-likeness (QED) is 0.782. The van der Waals surface area contributed by atoms with Crippen molar-refractivity contribution in [3.63, 3.8) is 0 Å². The summed E-state index contributed by atoms with van der Waals surface area (Å²) < 4.78 is 0. The molecule has 2 N–H and O–H groups in total. The first-order valence-electron chi connectivity index (χ1n) is 4.82. The largest absolute Gasteiger partial charge is 0.350 e. The average molecular weight is 210 g/mol. The molecule has 1 amide bonds. The monoisotopic (exact) mass is 210 g/mol.